The fourth-order valence-electron chi connectivity index (χ4n) is 1.49. The Bertz CT molecular complexity index is 654. The van der Waals surface area contributed by atoms with Crippen LogP contribution >= 0.6 is 0 Å². The number of aryl methyl sites for hydroxylation is 1. The molecule has 80 valence electrons. The molecule has 3 aromatic rings. The summed E-state index contributed by atoms with van der Waals surface area (Å²) in [6.07, 6.45) is 5.06. The summed E-state index contributed by atoms with van der Waals surface area (Å²) >= 11 is 0. The molecule has 0 aliphatic rings. The summed E-state index contributed by atoms with van der Waals surface area (Å²) in [7, 11) is 1.84. The van der Waals surface area contributed by atoms with Crippen molar-refractivity contribution in [3.63, 3.8) is 0 Å². The minimum absolute atomic E-state index is 0.480. The molecule has 0 atom stereocenters. The average molecular weight is 215 g/mol. The molecule has 3 aromatic heterocycles. The Morgan fingerprint density at radius 3 is 3.00 bits per heavy atom. The van der Waals surface area contributed by atoms with Crippen molar-refractivity contribution < 1.29 is 4.42 Å². The van der Waals surface area contributed by atoms with Crippen LogP contribution in [0.2, 0.25) is 0 Å². The summed E-state index contributed by atoms with van der Waals surface area (Å²) in [5.74, 6) is 0.501. The zero-order valence-corrected chi connectivity index (χ0v) is 8.58. The summed E-state index contributed by atoms with van der Waals surface area (Å²) < 4.78 is 7.18. The lowest BCUT2D eigenvalue weighted by Crippen LogP contribution is -1.85. The lowest BCUT2D eigenvalue weighted by atomic mass is 10.3. The molecule has 0 saturated heterocycles. The minimum Gasteiger partial charge on any atom is -0.418 e. The molecule has 0 unspecified atom stereocenters. The minimum atomic E-state index is 0.480. The molecule has 3 rings (SSSR count). The number of oxazole rings is 1. The van der Waals surface area contributed by atoms with Crippen LogP contribution in [0, 0.1) is 0 Å². The predicted molar refractivity (Wildman–Crippen MR) is 58.4 cm³/mol. The maximum absolute atomic E-state index is 5.62. The zero-order valence-electron chi connectivity index (χ0n) is 8.58. The van der Waals surface area contributed by atoms with Crippen molar-refractivity contribution >= 4 is 16.9 Å². The fourth-order valence-corrected chi connectivity index (χ4v) is 1.49. The molecule has 0 fully saturated rings. The molecule has 3 heterocycles. The predicted octanol–water partition coefficient (Wildman–Crippen LogP) is 1.21. The van der Waals surface area contributed by atoms with Crippen LogP contribution in [0.5, 0.6) is 0 Å². The Labute approximate surface area is 90.7 Å². The largest absolute Gasteiger partial charge is 0.418 e. The second kappa shape index (κ2) is 3.06. The molecule has 0 amide bonds. The Kier molecular flexibility index (Phi) is 1.70. The second-order valence-corrected chi connectivity index (χ2v) is 3.51. The Morgan fingerprint density at radius 2 is 2.25 bits per heavy atom. The number of anilines is 1. The summed E-state index contributed by atoms with van der Waals surface area (Å²) in [6, 6.07) is 1.73. The first-order valence-corrected chi connectivity index (χ1v) is 4.73. The van der Waals surface area contributed by atoms with Crippen LogP contribution in [0.1, 0.15) is 0 Å². The standard InChI is InChI=1S/C10H9N5O/c1-15-5-6(3-13-15)9-14-8-2-7(11)4-12-10(8)16-9/h2-5H,11H2,1H3. The van der Waals surface area contributed by atoms with Crippen molar-refractivity contribution in [2.75, 3.05) is 5.73 Å². The van der Waals surface area contributed by atoms with E-state index < -0.39 is 0 Å². The van der Waals surface area contributed by atoms with Gasteiger partial charge >= 0.3 is 0 Å². The molecule has 0 radical (unpaired) electrons. The van der Waals surface area contributed by atoms with Crippen LogP contribution in [-0.2, 0) is 7.05 Å². The summed E-state index contributed by atoms with van der Waals surface area (Å²) in [5, 5.41) is 4.05. The van der Waals surface area contributed by atoms with Gasteiger partial charge in [0, 0.05) is 13.2 Å². The first-order valence-electron chi connectivity index (χ1n) is 4.73. The molecular weight excluding hydrogens is 206 g/mol. The van der Waals surface area contributed by atoms with Gasteiger partial charge in [0.15, 0.2) is 0 Å². The number of nitrogens with zero attached hydrogens (tertiary/aromatic N) is 4. The van der Waals surface area contributed by atoms with Crippen molar-refractivity contribution in [2.45, 2.75) is 0 Å². The summed E-state index contributed by atoms with van der Waals surface area (Å²) in [5.41, 5.74) is 8.13. The maximum atomic E-state index is 5.62. The maximum Gasteiger partial charge on any atom is 0.247 e. The van der Waals surface area contributed by atoms with Crippen LogP contribution in [0.15, 0.2) is 29.1 Å². The molecule has 6 nitrogen and oxygen atoms in total. The molecule has 16 heavy (non-hydrogen) atoms. The van der Waals surface area contributed by atoms with E-state index in [1.807, 2.05) is 13.2 Å². The Balaban J connectivity index is 2.18. The number of fused-ring (bicyclic) bond motifs is 1. The van der Waals surface area contributed by atoms with Gasteiger partial charge in [-0.05, 0) is 6.07 Å². The smallest absolute Gasteiger partial charge is 0.247 e. The van der Waals surface area contributed by atoms with E-state index in [-0.39, 0.29) is 0 Å². The van der Waals surface area contributed by atoms with Crippen LogP contribution in [-0.4, -0.2) is 19.7 Å². The highest BCUT2D eigenvalue weighted by molar-refractivity contribution is 5.75. The molecule has 0 bridgehead atoms. The van der Waals surface area contributed by atoms with Crippen LogP contribution < -0.4 is 5.73 Å². The van der Waals surface area contributed by atoms with Gasteiger partial charge in [0.05, 0.1) is 23.6 Å². The van der Waals surface area contributed by atoms with Gasteiger partial charge in [-0.1, -0.05) is 0 Å². The van der Waals surface area contributed by atoms with E-state index in [1.165, 1.54) is 0 Å². The van der Waals surface area contributed by atoms with Crippen molar-refractivity contribution in [1.82, 2.24) is 19.7 Å². The van der Waals surface area contributed by atoms with Crippen LogP contribution in [0.4, 0.5) is 5.69 Å². The van der Waals surface area contributed by atoms with E-state index in [0.29, 0.717) is 22.8 Å². The van der Waals surface area contributed by atoms with E-state index in [2.05, 4.69) is 15.1 Å². The highest BCUT2D eigenvalue weighted by Gasteiger charge is 2.10. The zero-order chi connectivity index (χ0) is 11.1. The van der Waals surface area contributed by atoms with E-state index in [0.717, 1.165) is 5.56 Å². The molecule has 0 saturated carbocycles. The highest BCUT2D eigenvalue weighted by Crippen LogP contribution is 2.23. The molecule has 0 aliphatic heterocycles. The molecule has 2 N–H and O–H groups in total. The van der Waals surface area contributed by atoms with E-state index >= 15 is 0 Å². The number of hydrogen-bond donors (Lipinski definition) is 1. The Morgan fingerprint density at radius 1 is 1.38 bits per heavy atom. The number of nitrogen functional groups attached to an aromatic ring is 1. The monoisotopic (exact) mass is 215 g/mol. The van der Waals surface area contributed by atoms with Crippen molar-refractivity contribution in [3.8, 4) is 11.5 Å². The molecular formula is C10H9N5O. The Hall–Kier alpha value is -2.37. The average Bonchev–Trinajstić information content (AvgIpc) is 2.83. The van der Waals surface area contributed by atoms with Crippen LogP contribution in [0.25, 0.3) is 22.7 Å². The number of aromatic nitrogens is 4. The van der Waals surface area contributed by atoms with E-state index in [9.17, 15) is 0 Å². The van der Waals surface area contributed by atoms with Gasteiger partial charge in [0.25, 0.3) is 0 Å². The van der Waals surface area contributed by atoms with E-state index in [4.69, 9.17) is 10.2 Å². The second-order valence-electron chi connectivity index (χ2n) is 3.51. The van der Waals surface area contributed by atoms with Gasteiger partial charge in [-0.15, -0.1) is 0 Å². The van der Waals surface area contributed by atoms with Gasteiger partial charge in [0.1, 0.15) is 5.52 Å². The quantitative estimate of drug-likeness (QED) is 0.659. The van der Waals surface area contributed by atoms with Gasteiger partial charge < -0.3 is 10.2 Å². The third-order valence-corrected chi connectivity index (χ3v) is 2.22. The number of hydrogen-bond acceptors (Lipinski definition) is 5. The molecule has 0 spiro atoms. The summed E-state index contributed by atoms with van der Waals surface area (Å²) in [4.78, 5) is 8.35. The molecule has 6 heteroatoms. The molecule has 0 aromatic carbocycles. The first kappa shape index (κ1) is 8.90. The topological polar surface area (TPSA) is 82.8 Å². The normalized spacial score (nSPS) is 11.1. The van der Waals surface area contributed by atoms with Crippen molar-refractivity contribution in [1.29, 1.82) is 0 Å². The van der Waals surface area contributed by atoms with Crippen molar-refractivity contribution in [2.24, 2.45) is 7.05 Å². The lowest BCUT2D eigenvalue weighted by Gasteiger charge is -1.87. The summed E-state index contributed by atoms with van der Waals surface area (Å²) in [6.45, 7) is 0. The van der Waals surface area contributed by atoms with Gasteiger partial charge in [-0.3, -0.25) is 4.68 Å². The first-order chi connectivity index (χ1) is 7.72. The van der Waals surface area contributed by atoms with Gasteiger partial charge in [0.2, 0.25) is 11.6 Å². The van der Waals surface area contributed by atoms with Crippen molar-refractivity contribution in [3.05, 3.63) is 24.7 Å². The van der Waals surface area contributed by atoms with Gasteiger partial charge in [-0.25, -0.2) is 9.97 Å². The lowest BCUT2D eigenvalue weighted by molar-refractivity contribution is 0.608. The number of rotatable bonds is 1. The number of pyridine rings is 1. The fraction of sp³-hybridized carbons (Fsp3) is 0.100. The SMILES string of the molecule is Cn1cc(-c2nc3cc(N)cnc3o2)cn1. The highest BCUT2D eigenvalue weighted by atomic mass is 16.4. The van der Waals surface area contributed by atoms with Gasteiger partial charge in [-0.2, -0.15) is 5.10 Å². The third kappa shape index (κ3) is 1.31. The number of nitrogens with two attached hydrogens (primary N) is 1. The van der Waals surface area contributed by atoms with Crippen LogP contribution in [0.3, 0.4) is 0 Å². The third-order valence-electron chi connectivity index (χ3n) is 2.22. The van der Waals surface area contributed by atoms with E-state index in [1.54, 1.807) is 23.1 Å². The molecule has 0 aliphatic carbocycles.